The molecule has 0 aliphatic carbocycles. The molecular weight excluding hydrogens is 260 g/mol. The molecule has 6 heteroatoms. The number of hydrogen-bond acceptors (Lipinski definition) is 4. The van der Waals surface area contributed by atoms with Crippen LogP contribution >= 0.6 is 15.9 Å². The van der Waals surface area contributed by atoms with E-state index in [1.54, 1.807) is 0 Å². The standard InChI is InChI=1S/C9H7BrN4O/c1-6(15)9-11-12-13-14(9)8-4-2-7(10)3-5-8/h2-5H,1H3. The van der Waals surface area contributed by atoms with E-state index < -0.39 is 0 Å². The van der Waals surface area contributed by atoms with Crippen LogP contribution in [0, 0.1) is 0 Å². The Kier molecular flexibility index (Phi) is 2.59. The number of halogens is 1. The first-order chi connectivity index (χ1) is 7.18. The predicted molar refractivity (Wildman–Crippen MR) is 56.9 cm³/mol. The highest BCUT2D eigenvalue weighted by atomic mass is 79.9. The maximum absolute atomic E-state index is 11.2. The molecule has 1 heterocycles. The molecule has 0 spiro atoms. The molecule has 15 heavy (non-hydrogen) atoms. The average molecular weight is 267 g/mol. The summed E-state index contributed by atoms with van der Waals surface area (Å²) in [4.78, 5) is 11.2. The first kappa shape index (κ1) is 9.97. The van der Waals surface area contributed by atoms with E-state index in [4.69, 9.17) is 0 Å². The zero-order chi connectivity index (χ0) is 10.8. The van der Waals surface area contributed by atoms with Gasteiger partial charge in [0.2, 0.25) is 5.82 Å². The Morgan fingerprint density at radius 2 is 2.00 bits per heavy atom. The maximum Gasteiger partial charge on any atom is 0.222 e. The lowest BCUT2D eigenvalue weighted by Crippen LogP contribution is -2.06. The van der Waals surface area contributed by atoms with E-state index in [0.717, 1.165) is 10.2 Å². The third-order valence-electron chi connectivity index (χ3n) is 1.86. The fraction of sp³-hybridized carbons (Fsp3) is 0.111. The van der Waals surface area contributed by atoms with Crippen molar-refractivity contribution in [2.24, 2.45) is 0 Å². The lowest BCUT2D eigenvalue weighted by atomic mass is 10.3. The predicted octanol–water partition coefficient (Wildman–Crippen LogP) is 1.63. The SMILES string of the molecule is CC(=O)c1nnnn1-c1ccc(Br)cc1. The van der Waals surface area contributed by atoms with E-state index in [1.165, 1.54) is 11.6 Å². The van der Waals surface area contributed by atoms with Crippen molar-refractivity contribution in [2.75, 3.05) is 0 Å². The Morgan fingerprint density at radius 3 is 2.60 bits per heavy atom. The van der Waals surface area contributed by atoms with E-state index in [2.05, 4.69) is 31.5 Å². The van der Waals surface area contributed by atoms with Gasteiger partial charge in [-0.05, 0) is 34.7 Å². The molecule has 2 aromatic rings. The summed E-state index contributed by atoms with van der Waals surface area (Å²) in [6, 6.07) is 7.38. The summed E-state index contributed by atoms with van der Waals surface area (Å²) in [5.74, 6) is 0.0697. The largest absolute Gasteiger partial charge is 0.291 e. The van der Waals surface area contributed by atoms with Gasteiger partial charge >= 0.3 is 0 Å². The van der Waals surface area contributed by atoms with E-state index in [1.807, 2.05) is 24.3 Å². The van der Waals surface area contributed by atoms with Crippen LogP contribution in [0.2, 0.25) is 0 Å². The van der Waals surface area contributed by atoms with Gasteiger partial charge in [0.05, 0.1) is 5.69 Å². The summed E-state index contributed by atoms with van der Waals surface area (Å²) in [7, 11) is 0. The first-order valence-corrected chi connectivity index (χ1v) is 5.03. The van der Waals surface area contributed by atoms with Crippen LogP contribution in [0.25, 0.3) is 5.69 Å². The number of rotatable bonds is 2. The van der Waals surface area contributed by atoms with Gasteiger partial charge in [0.15, 0.2) is 5.78 Å². The summed E-state index contributed by atoms with van der Waals surface area (Å²) in [6.07, 6.45) is 0. The summed E-state index contributed by atoms with van der Waals surface area (Å²) in [5, 5.41) is 10.9. The summed E-state index contributed by atoms with van der Waals surface area (Å²) < 4.78 is 2.37. The molecule has 1 aromatic carbocycles. The van der Waals surface area contributed by atoms with Crippen molar-refractivity contribution >= 4 is 21.7 Å². The van der Waals surface area contributed by atoms with Gasteiger partial charge in [0, 0.05) is 11.4 Å². The van der Waals surface area contributed by atoms with Crippen molar-refractivity contribution in [1.29, 1.82) is 0 Å². The minimum atomic E-state index is -0.164. The molecule has 2 rings (SSSR count). The topological polar surface area (TPSA) is 60.7 Å². The molecular formula is C9H7BrN4O. The zero-order valence-corrected chi connectivity index (χ0v) is 9.47. The first-order valence-electron chi connectivity index (χ1n) is 4.24. The number of aromatic nitrogens is 4. The van der Waals surface area contributed by atoms with Crippen molar-refractivity contribution in [3.8, 4) is 5.69 Å². The van der Waals surface area contributed by atoms with E-state index in [9.17, 15) is 4.79 Å². The molecule has 0 aliphatic heterocycles. The Balaban J connectivity index is 2.49. The van der Waals surface area contributed by atoms with Gasteiger partial charge in [-0.15, -0.1) is 5.10 Å². The van der Waals surface area contributed by atoms with Gasteiger partial charge in [-0.3, -0.25) is 4.79 Å². The normalized spacial score (nSPS) is 10.3. The Hall–Kier alpha value is -1.56. The Bertz CT molecular complexity index is 491. The Morgan fingerprint density at radius 1 is 1.33 bits per heavy atom. The number of tetrazole rings is 1. The number of carbonyl (C=O) groups excluding carboxylic acids is 1. The molecule has 76 valence electrons. The van der Waals surface area contributed by atoms with Crippen LogP contribution in [0.1, 0.15) is 17.5 Å². The number of hydrogen-bond donors (Lipinski definition) is 0. The minimum Gasteiger partial charge on any atom is -0.291 e. The van der Waals surface area contributed by atoms with Crippen LogP contribution in [0.3, 0.4) is 0 Å². The molecule has 0 N–H and O–H groups in total. The summed E-state index contributed by atoms with van der Waals surface area (Å²) in [6.45, 7) is 1.43. The highest BCUT2D eigenvalue weighted by Crippen LogP contribution is 2.13. The number of nitrogens with zero attached hydrogens (tertiary/aromatic N) is 4. The van der Waals surface area contributed by atoms with Crippen molar-refractivity contribution in [1.82, 2.24) is 20.2 Å². The van der Waals surface area contributed by atoms with Crippen LogP contribution in [0.15, 0.2) is 28.7 Å². The van der Waals surface area contributed by atoms with Crippen molar-refractivity contribution < 1.29 is 4.79 Å². The van der Waals surface area contributed by atoms with Crippen molar-refractivity contribution in [3.63, 3.8) is 0 Å². The molecule has 0 atom stereocenters. The molecule has 0 saturated carbocycles. The van der Waals surface area contributed by atoms with Gasteiger partial charge in [-0.2, -0.15) is 4.68 Å². The van der Waals surface area contributed by atoms with Gasteiger partial charge in [0.25, 0.3) is 0 Å². The van der Waals surface area contributed by atoms with E-state index >= 15 is 0 Å². The lowest BCUT2D eigenvalue weighted by Gasteiger charge is -2.01. The van der Waals surface area contributed by atoms with Crippen LogP contribution in [-0.2, 0) is 0 Å². The number of benzene rings is 1. The molecule has 0 amide bonds. The second-order valence-corrected chi connectivity index (χ2v) is 3.86. The van der Waals surface area contributed by atoms with E-state index in [-0.39, 0.29) is 11.6 Å². The van der Waals surface area contributed by atoms with Crippen LogP contribution in [0.4, 0.5) is 0 Å². The quantitative estimate of drug-likeness (QED) is 0.776. The minimum absolute atomic E-state index is 0.164. The van der Waals surface area contributed by atoms with Crippen LogP contribution < -0.4 is 0 Å². The molecule has 0 fully saturated rings. The molecule has 0 aliphatic rings. The van der Waals surface area contributed by atoms with E-state index in [0.29, 0.717) is 0 Å². The summed E-state index contributed by atoms with van der Waals surface area (Å²) >= 11 is 3.33. The number of carbonyl (C=O) groups is 1. The lowest BCUT2D eigenvalue weighted by molar-refractivity contribution is 0.100. The van der Waals surface area contributed by atoms with Gasteiger partial charge in [-0.1, -0.05) is 15.9 Å². The maximum atomic E-state index is 11.2. The zero-order valence-electron chi connectivity index (χ0n) is 7.88. The van der Waals surface area contributed by atoms with Crippen molar-refractivity contribution in [3.05, 3.63) is 34.6 Å². The second-order valence-electron chi connectivity index (χ2n) is 2.95. The highest BCUT2D eigenvalue weighted by Gasteiger charge is 2.11. The number of ketones is 1. The van der Waals surface area contributed by atoms with Crippen molar-refractivity contribution in [2.45, 2.75) is 6.92 Å². The monoisotopic (exact) mass is 266 g/mol. The third-order valence-corrected chi connectivity index (χ3v) is 2.38. The fourth-order valence-corrected chi connectivity index (χ4v) is 1.43. The Labute approximate surface area is 94.2 Å². The van der Waals surface area contributed by atoms with Gasteiger partial charge in [-0.25, -0.2) is 0 Å². The number of Topliss-reactive ketones (excluding diaryl/α,β-unsaturated/α-hetero) is 1. The average Bonchev–Trinajstić information content (AvgIpc) is 2.67. The smallest absolute Gasteiger partial charge is 0.222 e. The van der Waals surface area contributed by atoms with Gasteiger partial charge < -0.3 is 0 Å². The fourth-order valence-electron chi connectivity index (χ4n) is 1.16. The highest BCUT2D eigenvalue weighted by molar-refractivity contribution is 9.10. The molecule has 1 aromatic heterocycles. The van der Waals surface area contributed by atoms with Crippen LogP contribution in [-0.4, -0.2) is 26.0 Å². The molecule has 0 radical (unpaired) electrons. The summed E-state index contributed by atoms with van der Waals surface area (Å²) in [5.41, 5.74) is 0.758. The molecule has 0 bridgehead atoms. The molecule has 0 unspecified atom stereocenters. The van der Waals surface area contributed by atoms with Crippen LogP contribution in [0.5, 0.6) is 0 Å². The van der Waals surface area contributed by atoms with Gasteiger partial charge in [0.1, 0.15) is 0 Å². The second kappa shape index (κ2) is 3.90. The molecule has 5 nitrogen and oxygen atoms in total. The molecule has 0 saturated heterocycles. The third kappa shape index (κ3) is 1.94.